The fraction of sp³-hybridized carbons (Fsp3) is 0.333. The van der Waals surface area contributed by atoms with E-state index in [4.69, 9.17) is 16.1 Å². The fourth-order valence-electron chi connectivity index (χ4n) is 1.51. The van der Waals surface area contributed by atoms with Crippen LogP contribution in [0, 0.1) is 6.92 Å². The molecule has 18 heavy (non-hydrogen) atoms. The molecule has 0 saturated carbocycles. The fourth-order valence-corrected chi connectivity index (χ4v) is 2.80. The highest BCUT2D eigenvalue weighted by molar-refractivity contribution is 7.84. The standard InChI is InChI=1S/C12H13ClN2O2S/c1-8(12-14-9(2)15-17-12)18(16)7-10-4-3-5-11(13)6-10/h3-6,8H,7H2,1-2H3/t8-,18+/m1/s1. The van der Waals surface area contributed by atoms with E-state index in [1.54, 1.807) is 13.0 Å². The lowest BCUT2D eigenvalue weighted by atomic mass is 10.2. The van der Waals surface area contributed by atoms with Gasteiger partial charge in [-0.25, -0.2) is 0 Å². The van der Waals surface area contributed by atoms with Crippen LogP contribution in [0.4, 0.5) is 0 Å². The van der Waals surface area contributed by atoms with Crippen LogP contribution >= 0.6 is 11.6 Å². The first-order chi connectivity index (χ1) is 8.56. The molecule has 0 fully saturated rings. The summed E-state index contributed by atoms with van der Waals surface area (Å²) in [4.78, 5) is 4.09. The zero-order valence-electron chi connectivity index (χ0n) is 10.1. The van der Waals surface area contributed by atoms with Crippen molar-refractivity contribution in [1.82, 2.24) is 10.1 Å². The third kappa shape index (κ3) is 3.17. The summed E-state index contributed by atoms with van der Waals surface area (Å²) in [6.07, 6.45) is 0. The van der Waals surface area contributed by atoms with Crippen LogP contribution in [0.25, 0.3) is 0 Å². The first-order valence-corrected chi connectivity index (χ1v) is 7.24. The van der Waals surface area contributed by atoms with Crippen molar-refractivity contribution in [3.63, 3.8) is 0 Å². The molecule has 96 valence electrons. The molecule has 6 heteroatoms. The van der Waals surface area contributed by atoms with Gasteiger partial charge in [-0.3, -0.25) is 4.21 Å². The Bertz CT molecular complexity index is 571. The Balaban J connectivity index is 2.08. The van der Waals surface area contributed by atoms with Gasteiger partial charge in [-0.2, -0.15) is 4.98 Å². The van der Waals surface area contributed by atoms with Gasteiger partial charge in [-0.1, -0.05) is 28.9 Å². The van der Waals surface area contributed by atoms with E-state index >= 15 is 0 Å². The second-order valence-electron chi connectivity index (χ2n) is 3.98. The van der Waals surface area contributed by atoms with Crippen molar-refractivity contribution in [2.75, 3.05) is 0 Å². The Morgan fingerprint density at radius 1 is 1.50 bits per heavy atom. The van der Waals surface area contributed by atoms with Gasteiger partial charge in [-0.05, 0) is 31.5 Å². The zero-order valence-corrected chi connectivity index (χ0v) is 11.7. The molecular formula is C12H13ClN2O2S. The molecule has 2 atom stereocenters. The second-order valence-corrected chi connectivity index (χ2v) is 6.17. The third-order valence-corrected chi connectivity index (χ3v) is 4.33. The summed E-state index contributed by atoms with van der Waals surface area (Å²) >= 11 is 5.89. The molecule has 0 aliphatic rings. The maximum absolute atomic E-state index is 12.2. The van der Waals surface area contributed by atoms with E-state index in [1.165, 1.54) is 0 Å². The molecule has 4 nitrogen and oxygen atoms in total. The first kappa shape index (κ1) is 13.2. The molecular weight excluding hydrogens is 272 g/mol. The van der Waals surface area contributed by atoms with Crippen molar-refractivity contribution in [3.8, 4) is 0 Å². The third-order valence-electron chi connectivity index (χ3n) is 2.48. The van der Waals surface area contributed by atoms with Gasteiger partial charge < -0.3 is 4.52 Å². The topological polar surface area (TPSA) is 56.0 Å². The van der Waals surface area contributed by atoms with Crippen LogP contribution in [0.5, 0.6) is 0 Å². The van der Waals surface area contributed by atoms with Gasteiger partial charge in [0, 0.05) is 21.6 Å². The summed E-state index contributed by atoms with van der Waals surface area (Å²) in [6, 6.07) is 7.34. The van der Waals surface area contributed by atoms with Gasteiger partial charge in [0.25, 0.3) is 0 Å². The Morgan fingerprint density at radius 2 is 2.28 bits per heavy atom. The summed E-state index contributed by atoms with van der Waals surface area (Å²) in [5, 5.41) is 4.06. The van der Waals surface area contributed by atoms with E-state index < -0.39 is 10.8 Å². The summed E-state index contributed by atoms with van der Waals surface area (Å²) < 4.78 is 17.2. The number of aromatic nitrogens is 2. The second kappa shape index (κ2) is 5.63. The van der Waals surface area contributed by atoms with Crippen molar-refractivity contribution in [2.24, 2.45) is 0 Å². The molecule has 0 aliphatic heterocycles. The van der Waals surface area contributed by atoms with Crippen molar-refractivity contribution < 1.29 is 8.73 Å². The maximum atomic E-state index is 12.2. The number of aryl methyl sites for hydroxylation is 1. The SMILES string of the molecule is Cc1noc([C@@H](C)[S@@](=O)Cc2cccc(Cl)c2)n1. The highest BCUT2D eigenvalue weighted by atomic mass is 35.5. The summed E-state index contributed by atoms with van der Waals surface area (Å²) in [6.45, 7) is 3.55. The molecule has 0 aliphatic carbocycles. The minimum atomic E-state index is -1.12. The van der Waals surface area contributed by atoms with Crippen molar-refractivity contribution in [1.29, 1.82) is 0 Å². The molecule has 0 spiro atoms. The van der Waals surface area contributed by atoms with Gasteiger partial charge in [0.1, 0.15) is 5.25 Å². The minimum Gasteiger partial charge on any atom is -0.338 e. The molecule has 2 rings (SSSR count). The largest absolute Gasteiger partial charge is 0.338 e. The van der Waals surface area contributed by atoms with Crippen LogP contribution in [0.1, 0.15) is 29.5 Å². The molecule has 0 radical (unpaired) electrons. The van der Waals surface area contributed by atoms with Crippen molar-refractivity contribution in [3.05, 3.63) is 46.6 Å². The van der Waals surface area contributed by atoms with Crippen LogP contribution in [-0.2, 0) is 16.6 Å². The maximum Gasteiger partial charge on any atom is 0.242 e. The lowest BCUT2D eigenvalue weighted by molar-refractivity contribution is 0.375. The summed E-state index contributed by atoms with van der Waals surface area (Å²) in [5.41, 5.74) is 0.934. The lowest BCUT2D eigenvalue weighted by Crippen LogP contribution is -2.05. The monoisotopic (exact) mass is 284 g/mol. The number of nitrogens with zero attached hydrogens (tertiary/aromatic N) is 2. The Labute approximate surface area is 113 Å². The number of hydrogen-bond donors (Lipinski definition) is 0. The van der Waals surface area contributed by atoms with E-state index in [0.717, 1.165) is 5.56 Å². The summed E-state index contributed by atoms with van der Waals surface area (Å²) in [5.74, 6) is 1.38. The average molecular weight is 285 g/mol. The average Bonchev–Trinajstić information content (AvgIpc) is 2.75. The van der Waals surface area contributed by atoms with Gasteiger partial charge in [0.05, 0.1) is 0 Å². The van der Waals surface area contributed by atoms with E-state index in [9.17, 15) is 4.21 Å². The molecule has 1 heterocycles. The molecule has 0 bridgehead atoms. The molecule has 0 N–H and O–H groups in total. The normalized spacial score (nSPS) is 14.4. The molecule has 1 aromatic heterocycles. The highest BCUT2D eigenvalue weighted by Gasteiger charge is 2.19. The molecule has 1 aromatic carbocycles. The minimum absolute atomic E-state index is 0.287. The predicted molar refractivity (Wildman–Crippen MR) is 70.7 cm³/mol. The zero-order chi connectivity index (χ0) is 13.1. The van der Waals surface area contributed by atoms with Gasteiger partial charge >= 0.3 is 0 Å². The van der Waals surface area contributed by atoms with Gasteiger partial charge in [-0.15, -0.1) is 0 Å². The number of hydrogen-bond acceptors (Lipinski definition) is 4. The quantitative estimate of drug-likeness (QED) is 0.866. The van der Waals surface area contributed by atoms with E-state index in [1.807, 2.05) is 25.1 Å². The van der Waals surface area contributed by atoms with E-state index in [2.05, 4.69) is 10.1 Å². The van der Waals surface area contributed by atoms with Crippen molar-refractivity contribution in [2.45, 2.75) is 24.9 Å². The summed E-state index contributed by atoms with van der Waals surface area (Å²) in [7, 11) is -1.12. The van der Waals surface area contributed by atoms with Crippen LogP contribution in [0.3, 0.4) is 0 Å². The van der Waals surface area contributed by atoms with E-state index in [0.29, 0.717) is 22.5 Å². The molecule has 0 amide bonds. The van der Waals surface area contributed by atoms with Crippen LogP contribution in [0.2, 0.25) is 5.02 Å². The number of rotatable bonds is 4. The van der Waals surface area contributed by atoms with Crippen LogP contribution < -0.4 is 0 Å². The Hall–Kier alpha value is -1.20. The lowest BCUT2D eigenvalue weighted by Gasteiger charge is -2.07. The Morgan fingerprint density at radius 3 is 2.89 bits per heavy atom. The molecule has 2 aromatic rings. The van der Waals surface area contributed by atoms with Crippen molar-refractivity contribution >= 4 is 22.4 Å². The Kier molecular flexibility index (Phi) is 4.14. The first-order valence-electron chi connectivity index (χ1n) is 5.48. The molecule has 0 saturated heterocycles. The van der Waals surface area contributed by atoms with Gasteiger partial charge in [0.2, 0.25) is 5.89 Å². The smallest absolute Gasteiger partial charge is 0.242 e. The molecule has 0 unspecified atom stereocenters. The predicted octanol–water partition coefficient (Wildman–Crippen LogP) is 3.04. The van der Waals surface area contributed by atoms with E-state index in [-0.39, 0.29) is 5.25 Å². The van der Waals surface area contributed by atoms with Crippen LogP contribution in [0.15, 0.2) is 28.8 Å². The number of halogens is 1. The number of benzene rings is 1. The highest BCUT2D eigenvalue weighted by Crippen LogP contribution is 2.21. The van der Waals surface area contributed by atoms with Crippen LogP contribution in [-0.4, -0.2) is 14.3 Å². The van der Waals surface area contributed by atoms with Gasteiger partial charge in [0.15, 0.2) is 5.82 Å².